The second-order valence-electron chi connectivity index (χ2n) is 8.29. The van der Waals surface area contributed by atoms with Gasteiger partial charge in [0.15, 0.2) is 16.4 Å². The minimum absolute atomic E-state index is 0.222. The van der Waals surface area contributed by atoms with Crippen LogP contribution >= 0.6 is 12.2 Å². The van der Waals surface area contributed by atoms with E-state index in [0.29, 0.717) is 23.0 Å². The molecular weight excluding hydrogens is 460 g/mol. The minimum atomic E-state index is -0.665. The second kappa shape index (κ2) is 11.1. The normalized spacial score (nSPS) is 15.3. The summed E-state index contributed by atoms with van der Waals surface area (Å²) in [6.07, 6.45) is 0.854. The van der Waals surface area contributed by atoms with E-state index in [2.05, 4.69) is 10.2 Å². The van der Waals surface area contributed by atoms with E-state index in [9.17, 15) is 8.78 Å². The summed E-state index contributed by atoms with van der Waals surface area (Å²) in [4.78, 5) is 4.35. The van der Waals surface area contributed by atoms with E-state index < -0.39 is 11.6 Å². The Kier molecular flexibility index (Phi) is 7.97. The molecule has 0 spiro atoms. The number of hydrogen-bond acceptors (Lipinski definition) is 5. The summed E-state index contributed by atoms with van der Waals surface area (Å²) in [6, 6.07) is 10.8. The number of fused-ring (bicyclic) bond motifs is 1. The van der Waals surface area contributed by atoms with Gasteiger partial charge < -0.3 is 24.1 Å². The van der Waals surface area contributed by atoms with Crippen molar-refractivity contribution in [2.45, 2.75) is 19.4 Å². The maximum absolute atomic E-state index is 13.7. The van der Waals surface area contributed by atoms with E-state index in [0.717, 1.165) is 56.5 Å². The molecule has 1 saturated heterocycles. The van der Waals surface area contributed by atoms with E-state index >= 15 is 0 Å². The molecule has 9 heteroatoms. The number of anilines is 1. The van der Waals surface area contributed by atoms with Crippen molar-refractivity contribution in [1.82, 2.24) is 9.80 Å². The number of methoxy groups -OCH3 is 1. The van der Waals surface area contributed by atoms with Gasteiger partial charge >= 0.3 is 0 Å². The number of rotatable bonds is 8. The van der Waals surface area contributed by atoms with Gasteiger partial charge in [-0.15, -0.1) is 0 Å². The molecule has 1 aromatic heterocycles. The van der Waals surface area contributed by atoms with Crippen molar-refractivity contribution in [2.75, 3.05) is 51.8 Å². The molecule has 1 fully saturated rings. The molecule has 0 amide bonds. The van der Waals surface area contributed by atoms with Crippen LogP contribution in [0, 0.1) is 11.6 Å². The third kappa shape index (κ3) is 5.84. The molecule has 6 nitrogen and oxygen atoms in total. The number of morpholine rings is 1. The van der Waals surface area contributed by atoms with Crippen LogP contribution in [0.2, 0.25) is 0 Å². The Labute approximate surface area is 203 Å². The number of nitrogens with zero attached hydrogens (tertiary/aromatic N) is 2. The first kappa shape index (κ1) is 24.4. The number of para-hydroxylation sites is 1. The van der Waals surface area contributed by atoms with Gasteiger partial charge in [-0.2, -0.15) is 0 Å². The molecule has 2 heterocycles. The molecule has 4 rings (SSSR count). The quantitative estimate of drug-likeness (QED) is 0.437. The van der Waals surface area contributed by atoms with Gasteiger partial charge in [-0.1, -0.05) is 12.1 Å². The fourth-order valence-electron chi connectivity index (χ4n) is 4.16. The number of furan rings is 1. The molecule has 0 saturated carbocycles. The van der Waals surface area contributed by atoms with Gasteiger partial charge in [-0.25, -0.2) is 8.78 Å². The number of thiocarbonyl (C=S) groups is 1. The van der Waals surface area contributed by atoms with Crippen molar-refractivity contribution < 1.29 is 22.7 Å². The standard InChI is InChI=1S/C25H29F2N3O3S/c1-17(23-13-18-5-3-6-22(31-2)24(18)33-23)30(8-4-7-29-9-11-32-12-10-29)25(34)28-21-15-19(26)14-20(27)16-21/h3,5-6,13-17H,4,7-12H2,1-2H3,(H,28,34)/t17-/m0/s1. The molecule has 1 aliphatic rings. The average Bonchev–Trinajstić information content (AvgIpc) is 3.26. The second-order valence-corrected chi connectivity index (χ2v) is 8.68. The van der Waals surface area contributed by atoms with Crippen molar-refractivity contribution in [3.8, 4) is 5.75 Å². The highest BCUT2D eigenvalue weighted by Gasteiger charge is 2.24. The summed E-state index contributed by atoms with van der Waals surface area (Å²) in [5, 5.41) is 4.30. The van der Waals surface area contributed by atoms with Gasteiger partial charge in [0.2, 0.25) is 0 Å². The maximum atomic E-state index is 13.7. The smallest absolute Gasteiger partial charge is 0.176 e. The molecule has 1 N–H and O–H groups in total. The van der Waals surface area contributed by atoms with Gasteiger partial charge in [0.05, 0.1) is 26.4 Å². The largest absolute Gasteiger partial charge is 0.493 e. The van der Waals surface area contributed by atoms with Gasteiger partial charge in [0.1, 0.15) is 17.4 Å². The molecule has 3 aromatic rings. The lowest BCUT2D eigenvalue weighted by Crippen LogP contribution is -2.41. The van der Waals surface area contributed by atoms with Crippen LogP contribution in [0.15, 0.2) is 46.9 Å². The molecule has 0 unspecified atom stereocenters. The van der Waals surface area contributed by atoms with Crippen LogP contribution in [0.25, 0.3) is 11.0 Å². The highest BCUT2D eigenvalue weighted by Crippen LogP contribution is 2.33. The van der Waals surface area contributed by atoms with Crippen LogP contribution in [0.1, 0.15) is 25.1 Å². The van der Waals surface area contributed by atoms with E-state index in [1.807, 2.05) is 36.1 Å². The van der Waals surface area contributed by atoms with Gasteiger partial charge in [0, 0.05) is 43.3 Å². The number of ether oxygens (including phenoxy) is 2. The third-order valence-corrected chi connectivity index (χ3v) is 6.31. The summed E-state index contributed by atoms with van der Waals surface area (Å²) in [6.45, 7) is 6.83. The van der Waals surface area contributed by atoms with E-state index in [1.165, 1.54) is 12.1 Å². The average molecular weight is 490 g/mol. The highest BCUT2D eigenvalue weighted by atomic mass is 32.1. The lowest BCUT2D eigenvalue weighted by molar-refractivity contribution is 0.0365. The molecular formula is C25H29F2N3O3S. The predicted octanol–water partition coefficient (Wildman–Crippen LogP) is 5.20. The molecule has 0 aliphatic carbocycles. The first-order valence-electron chi connectivity index (χ1n) is 11.3. The summed E-state index contributed by atoms with van der Waals surface area (Å²) in [5.41, 5.74) is 0.936. The summed E-state index contributed by atoms with van der Waals surface area (Å²) >= 11 is 5.69. The fourth-order valence-corrected chi connectivity index (χ4v) is 4.53. The number of nitrogens with one attached hydrogen (secondary N) is 1. The van der Waals surface area contributed by atoms with Crippen molar-refractivity contribution in [3.63, 3.8) is 0 Å². The van der Waals surface area contributed by atoms with E-state index in [4.69, 9.17) is 26.1 Å². The van der Waals surface area contributed by atoms with Crippen LogP contribution in [0.3, 0.4) is 0 Å². The Balaban J connectivity index is 1.54. The molecule has 2 aromatic carbocycles. The Morgan fingerprint density at radius 3 is 2.62 bits per heavy atom. The Morgan fingerprint density at radius 1 is 1.18 bits per heavy atom. The monoisotopic (exact) mass is 489 g/mol. The van der Waals surface area contributed by atoms with Gasteiger partial charge in [0.25, 0.3) is 0 Å². The van der Waals surface area contributed by atoms with E-state index in [-0.39, 0.29) is 11.7 Å². The maximum Gasteiger partial charge on any atom is 0.176 e. The topological polar surface area (TPSA) is 50.1 Å². The Hall–Kier alpha value is -2.75. The van der Waals surface area contributed by atoms with Crippen molar-refractivity contribution in [2.24, 2.45) is 0 Å². The van der Waals surface area contributed by atoms with Crippen LogP contribution in [0.4, 0.5) is 14.5 Å². The van der Waals surface area contributed by atoms with Crippen molar-refractivity contribution >= 4 is 34.0 Å². The number of benzene rings is 2. The molecule has 182 valence electrons. The fraction of sp³-hybridized carbons (Fsp3) is 0.400. The SMILES string of the molecule is COc1cccc2cc([C@H](C)N(CCCN3CCOCC3)C(=S)Nc3cc(F)cc(F)c3)oc12. The van der Waals surface area contributed by atoms with Crippen molar-refractivity contribution in [3.05, 3.63) is 59.9 Å². The lowest BCUT2D eigenvalue weighted by Gasteiger charge is -2.32. The first-order chi connectivity index (χ1) is 16.4. The first-order valence-corrected chi connectivity index (χ1v) is 11.8. The molecule has 0 radical (unpaired) electrons. The zero-order valence-corrected chi connectivity index (χ0v) is 20.2. The van der Waals surface area contributed by atoms with Crippen molar-refractivity contribution in [1.29, 1.82) is 0 Å². The third-order valence-electron chi connectivity index (χ3n) is 5.98. The number of hydrogen-bond donors (Lipinski definition) is 1. The lowest BCUT2D eigenvalue weighted by atomic mass is 10.2. The highest BCUT2D eigenvalue weighted by molar-refractivity contribution is 7.80. The molecule has 1 aliphatic heterocycles. The van der Waals surface area contributed by atoms with Crippen LogP contribution in [-0.2, 0) is 4.74 Å². The Morgan fingerprint density at radius 2 is 1.91 bits per heavy atom. The summed E-state index contributed by atoms with van der Waals surface area (Å²) < 4.78 is 44.5. The summed E-state index contributed by atoms with van der Waals surface area (Å²) in [5.74, 6) is 0.0504. The molecule has 34 heavy (non-hydrogen) atoms. The molecule has 0 bridgehead atoms. The predicted molar refractivity (Wildman–Crippen MR) is 132 cm³/mol. The van der Waals surface area contributed by atoms with E-state index in [1.54, 1.807) is 7.11 Å². The van der Waals surface area contributed by atoms with Gasteiger partial charge in [-0.3, -0.25) is 4.90 Å². The minimum Gasteiger partial charge on any atom is -0.493 e. The van der Waals surface area contributed by atoms with Crippen LogP contribution < -0.4 is 10.1 Å². The number of halogens is 2. The summed E-state index contributed by atoms with van der Waals surface area (Å²) in [7, 11) is 1.61. The van der Waals surface area contributed by atoms with Gasteiger partial charge in [-0.05, 0) is 49.8 Å². The van der Waals surface area contributed by atoms with Crippen LogP contribution in [-0.4, -0.2) is 61.4 Å². The zero-order chi connectivity index (χ0) is 24.1. The van der Waals surface area contributed by atoms with Crippen LogP contribution in [0.5, 0.6) is 5.75 Å². The Bertz CT molecular complexity index is 1110. The zero-order valence-electron chi connectivity index (χ0n) is 19.4. The molecule has 1 atom stereocenters.